The van der Waals surface area contributed by atoms with Crippen molar-refractivity contribution in [1.29, 1.82) is 0 Å². The maximum absolute atomic E-state index is 13.4. The Balaban J connectivity index is 1.50. The van der Waals surface area contributed by atoms with Crippen molar-refractivity contribution in [3.8, 4) is 0 Å². The third-order valence-electron chi connectivity index (χ3n) is 5.08. The van der Waals surface area contributed by atoms with E-state index in [4.69, 9.17) is 0 Å². The summed E-state index contributed by atoms with van der Waals surface area (Å²) in [5, 5.41) is 6.17. The summed E-state index contributed by atoms with van der Waals surface area (Å²) in [7, 11) is 0. The van der Waals surface area contributed by atoms with Crippen LogP contribution in [0.2, 0.25) is 0 Å². The molecule has 0 aliphatic heterocycles. The smallest absolute Gasteiger partial charge is 0.385 e. The predicted molar refractivity (Wildman–Crippen MR) is 99.5 cm³/mol. The van der Waals surface area contributed by atoms with E-state index in [0.717, 1.165) is 44.0 Å². The second-order valence-corrected chi connectivity index (χ2v) is 7.13. The Morgan fingerprint density at radius 3 is 2.32 bits per heavy atom. The molecule has 2 N–H and O–H groups in total. The fourth-order valence-electron chi connectivity index (χ4n) is 3.48. The highest BCUT2D eigenvalue weighted by Crippen LogP contribution is 2.32. The molecule has 7 heteroatoms. The van der Waals surface area contributed by atoms with Gasteiger partial charge in [-0.2, -0.15) is 13.2 Å². The maximum Gasteiger partial charge on any atom is 0.419 e. The molecule has 2 aromatic carbocycles. The van der Waals surface area contributed by atoms with E-state index in [9.17, 15) is 22.4 Å². The van der Waals surface area contributed by atoms with Crippen LogP contribution >= 0.6 is 0 Å². The Bertz CT molecular complexity index is 800. The monoisotopic (exact) mass is 394 g/mol. The fraction of sp³-hybridized carbons (Fsp3) is 0.381. The molecule has 0 saturated heterocycles. The van der Waals surface area contributed by atoms with E-state index < -0.39 is 23.5 Å². The Hall–Kier alpha value is -2.57. The molecular formula is C21H22F4N2O. The molecule has 0 atom stereocenters. The first-order chi connectivity index (χ1) is 13.3. The highest BCUT2D eigenvalue weighted by atomic mass is 19.4. The van der Waals surface area contributed by atoms with E-state index in [1.54, 1.807) is 0 Å². The van der Waals surface area contributed by atoms with E-state index in [1.807, 2.05) is 30.3 Å². The van der Waals surface area contributed by atoms with Crippen LogP contribution in [0.4, 0.5) is 23.2 Å². The van der Waals surface area contributed by atoms with Crippen LogP contribution in [0.25, 0.3) is 0 Å². The minimum atomic E-state index is -4.83. The van der Waals surface area contributed by atoms with Gasteiger partial charge in [0, 0.05) is 23.8 Å². The molecular weight excluding hydrogens is 372 g/mol. The van der Waals surface area contributed by atoms with E-state index in [0.29, 0.717) is 18.1 Å². The number of para-hydroxylation sites is 1. The summed E-state index contributed by atoms with van der Waals surface area (Å²) in [6, 6.07) is 12.1. The van der Waals surface area contributed by atoms with Crippen LogP contribution < -0.4 is 10.6 Å². The van der Waals surface area contributed by atoms with Gasteiger partial charge in [-0.3, -0.25) is 4.79 Å². The van der Waals surface area contributed by atoms with Gasteiger partial charge in [0.05, 0.1) is 5.56 Å². The van der Waals surface area contributed by atoms with Gasteiger partial charge in [0.1, 0.15) is 5.82 Å². The second-order valence-electron chi connectivity index (χ2n) is 7.13. The molecule has 0 unspecified atom stereocenters. The molecule has 0 aromatic heterocycles. The largest absolute Gasteiger partial charge is 0.419 e. The standard InChI is InChI=1S/C21H22F4N2O/c22-19-11-8-15(12-18(19)21(23,24)25)20(28)27-17-9-6-14(7-10-17)13-26-16-4-2-1-3-5-16/h1-5,8,11-12,14,17,26H,6-7,9-10,13H2,(H,27,28). The lowest BCUT2D eigenvalue weighted by Gasteiger charge is -2.29. The first-order valence-electron chi connectivity index (χ1n) is 9.29. The molecule has 28 heavy (non-hydrogen) atoms. The van der Waals surface area contributed by atoms with Gasteiger partial charge in [-0.15, -0.1) is 0 Å². The van der Waals surface area contributed by atoms with Gasteiger partial charge in [-0.25, -0.2) is 4.39 Å². The molecule has 150 valence electrons. The van der Waals surface area contributed by atoms with Gasteiger partial charge in [-0.05, 0) is 61.9 Å². The number of benzene rings is 2. The highest BCUT2D eigenvalue weighted by molar-refractivity contribution is 5.94. The number of alkyl halides is 3. The topological polar surface area (TPSA) is 41.1 Å². The third-order valence-corrected chi connectivity index (χ3v) is 5.08. The van der Waals surface area contributed by atoms with Crippen molar-refractivity contribution in [1.82, 2.24) is 5.32 Å². The molecule has 0 bridgehead atoms. The van der Waals surface area contributed by atoms with Gasteiger partial charge in [0.15, 0.2) is 0 Å². The zero-order valence-corrected chi connectivity index (χ0v) is 15.2. The lowest BCUT2D eigenvalue weighted by atomic mass is 9.86. The van der Waals surface area contributed by atoms with E-state index in [2.05, 4.69) is 10.6 Å². The summed E-state index contributed by atoms with van der Waals surface area (Å²) in [6.07, 6.45) is -1.46. The van der Waals surface area contributed by atoms with E-state index in [1.165, 1.54) is 0 Å². The number of amides is 1. The molecule has 1 amide bonds. The van der Waals surface area contributed by atoms with Crippen molar-refractivity contribution in [3.05, 3.63) is 65.5 Å². The summed E-state index contributed by atoms with van der Waals surface area (Å²) in [5.74, 6) is -1.50. The number of rotatable bonds is 5. The van der Waals surface area contributed by atoms with Crippen LogP contribution in [0.1, 0.15) is 41.6 Å². The average molecular weight is 394 g/mol. The van der Waals surface area contributed by atoms with Gasteiger partial charge in [0.2, 0.25) is 0 Å². The van der Waals surface area contributed by atoms with Crippen LogP contribution in [-0.2, 0) is 6.18 Å². The minimum Gasteiger partial charge on any atom is -0.385 e. The normalized spacial score (nSPS) is 19.9. The minimum absolute atomic E-state index is 0.0835. The van der Waals surface area contributed by atoms with Crippen LogP contribution in [0, 0.1) is 11.7 Å². The molecule has 0 radical (unpaired) electrons. The SMILES string of the molecule is O=C(NC1CCC(CNc2ccccc2)CC1)c1ccc(F)c(C(F)(F)F)c1. The van der Waals surface area contributed by atoms with Crippen molar-refractivity contribution < 1.29 is 22.4 Å². The third kappa shape index (κ3) is 5.24. The molecule has 0 spiro atoms. The van der Waals surface area contributed by atoms with Crippen molar-refractivity contribution in [2.45, 2.75) is 37.9 Å². The molecule has 1 fully saturated rings. The van der Waals surface area contributed by atoms with Crippen molar-refractivity contribution in [3.63, 3.8) is 0 Å². The molecule has 2 aromatic rings. The molecule has 1 aliphatic rings. The van der Waals surface area contributed by atoms with Crippen molar-refractivity contribution in [2.75, 3.05) is 11.9 Å². The summed E-state index contributed by atoms with van der Waals surface area (Å²) < 4.78 is 51.8. The van der Waals surface area contributed by atoms with Crippen LogP contribution in [0.15, 0.2) is 48.5 Å². The zero-order chi connectivity index (χ0) is 20.1. The van der Waals surface area contributed by atoms with Gasteiger partial charge < -0.3 is 10.6 Å². The second kappa shape index (κ2) is 8.63. The van der Waals surface area contributed by atoms with E-state index in [-0.39, 0.29) is 11.6 Å². The van der Waals surface area contributed by atoms with Gasteiger partial charge in [-0.1, -0.05) is 18.2 Å². The summed E-state index contributed by atoms with van der Waals surface area (Å²) in [4.78, 5) is 12.3. The molecule has 1 aliphatic carbocycles. The average Bonchev–Trinajstić information content (AvgIpc) is 2.67. The summed E-state index contributed by atoms with van der Waals surface area (Å²) >= 11 is 0. The Kier molecular flexibility index (Phi) is 6.21. The number of hydrogen-bond acceptors (Lipinski definition) is 2. The highest BCUT2D eigenvalue weighted by Gasteiger charge is 2.35. The Morgan fingerprint density at radius 1 is 1.00 bits per heavy atom. The summed E-state index contributed by atoms with van der Waals surface area (Å²) in [6.45, 7) is 0.845. The van der Waals surface area contributed by atoms with Crippen molar-refractivity contribution in [2.24, 2.45) is 5.92 Å². The summed E-state index contributed by atoms with van der Waals surface area (Å²) in [5.41, 5.74) is -0.535. The number of hydrogen-bond donors (Lipinski definition) is 2. The molecule has 3 nitrogen and oxygen atoms in total. The quantitative estimate of drug-likeness (QED) is 0.681. The van der Waals surface area contributed by atoms with Crippen molar-refractivity contribution >= 4 is 11.6 Å². The number of halogens is 4. The Morgan fingerprint density at radius 2 is 1.68 bits per heavy atom. The lowest BCUT2D eigenvalue weighted by Crippen LogP contribution is -2.38. The molecule has 3 rings (SSSR count). The zero-order valence-electron chi connectivity index (χ0n) is 15.2. The number of anilines is 1. The van der Waals surface area contributed by atoms with Crippen LogP contribution in [0.5, 0.6) is 0 Å². The number of nitrogens with one attached hydrogen (secondary N) is 2. The number of carbonyl (C=O) groups is 1. The fourth-order valence-corrected chi connectivity index (χ4v) is 3.48. The first-order valence-corrected chi connectivity index (χ1v) is 9.29. The predicted octanol–water partition coefficient (Wildman–Crippen LogP) is 5.25. The first kappa shape index (κ1) is 20.2. The number of carbonyl (C=O) groups excluding carboxylic acids is 1. The molecule has 0 heterocycles. The molecule has 1 saturated carbocycles. The van der Waals surface area contributed by atoms with Gasteiger partial charge in [0.25, 0.3) is 5.91 Å². The van der Waals surface area contributed by atoms with E-state index >= 15 is 0 Å². The van der Waals surface area contributed by atoms with Crippen LogP contribution in [-0.4, -0.2) is 18.5 Å². The lowest BCUT2D eigenvalue weighted by molar-refractivity contribution is -0.140. The Labute approximate surface area is 161 Å². The van der Waals surface area contributed by atoms with Gasteiger partial charge >= 0.3 is 6.18 Å². The van der Waals surface area contributed by atoms with Crippen LogP contribution in [0.3, 0.4) is 0 Å². The maximum atomic E-state index is 13.4.